The number of nitrogens with two attached hydrogens (primary N) is 1. The van der Waals surface area contributed by atoms with Crippen LogP contribution in [0.2, 0.25) is 0 Å². The molecule has 176 valence electrons. The third-order valence-corrected chi connectivity index (χ3v) is 7.11. The van der Waals surface area contributed by atoms with Crippen molar-refractivity contribution in [2.75, 3.05) is 14.1 Å². The quantitative estimate of drug-likeness (QED) is 0.261. The zero-order valence-corrected chi connectivity index (χ0v) is 18.0. The van der Waals surface area contributed by atoms with Crippen LogP contribution >= 0.6 is 0 Å². The number of primary amides is 1. The van der Waals surface area contributed by atoms with Gasteiger partial charge in [-0.1, -0.05) is 12.1 Å². The van der Waals surface area contributed by atoms with Gasteiger partial charge in [0.1, 0.15) is 28.7 Å². The van der Waals surface area contributed by atoms with Crippen LogP contribution in [0.25, 0.3) is 5.76 Å². The van der Waals surface area contributed by atoms with Crippen molar-refractivity contribution in [2.24, 2.45) is 11.7 Å². The van der Waals surface area contributed by atoms with Crippen molar-refractivity contribution in [1.82, 2.24) is 4.90 Å². The molecular formula is C22H24N2O9. The smallest absolute Gasteiger partial charge is 0.255 e. The lowest BCUT2D eigenvalue weighted by molar-refractivity contribution is -0.210. The number of rotatable bonds is 2. The number of fused-ring (bicyclic) bond motifs is 3. The number of carbonyl (C=O) groups excluding carboxylic acids is 3. The number of carbonyl (C=O) groups is 3. The fraction of sp³-hybridized carbons (Fsp3) is 0.409. The van der Waals surface area contributed by atoms with Crippen LogP contribution < -0.4 is 5.73 Å². The number of Topliss-reactive ketones (excluding diaryl/α,β-unsaturated/α-hetero) is 2. The first kappa shape index (κ1) is 22.9. The fourth-order valence-electron chi connectivity index (χ4n) is 5.57. The lowest BCUT2D eigenvalue weighted by atomic mass is 9.52. The molecule has 0 aromatic heterocycles. The van der Waals surface area contributed by atoms with Gasteiger partial charge >= 0.3 is 0 Å². The molecule has 0 aliphatic heterocycles. The molecule has 0 heterocycles. The van der Waals surface area contributed by atoms with Gasteiger partial charge in [0.25, 0.3) is 5.91 Å². The van der Waals surface area contributed by atoms with E-state index >= 15 is 0 Å². The molecule has 33 heavy (non-hydrogen) atoms. The van der Waals surface area contributed by atoms with Gasteiger partial charge in [-0.05, 0) is 39.1 Å². The molecule has 11 heteroatoms. The fourth-order valence-corrected chi connectivity index (χ4v) is 5.57. The highest BCUT2D eigenvalue weighted by atomic mass is 16.4. The van der Waals surface area contributed by atoms with E-state index in [2.05, 4.69) is 0 Å². The molecule has 1 saturated carbocycles. The van der Waals surface area contributed by atoms with E-state index in [0.717, 1.165) is 4.90 Å². The van der Waals surface area contributed by atoms with Crippen molar-refractivity contribution in [3.63, 3.8) is 0 Å². The number of nitrogens with zero attached hydrogens (tertiary/aromatic N) is 1. The Bertz CT molecular complexity index is 1200. The average molecular weight is 460 g/mol. The maximum absolute atomic E-state index is 13.7. The van der Waals surface area contributed by atoms with E-state index < -0.39 is 81.1 Å². The highest BCUT2D eigenvalue weighted by Gasteiger charge is 2.74. The third kappa shape index (κ3) is 2.50. The average Bonchev–Trinajstić information content (AvgIpc) is 2.69. The molecule has 5 atom stereocenters. The van der Waals surface area contributed by atoms with Crippen molar-refractivity contribution < 1.29 is 45.0 Å². The summed E-state index contributed by atoms with van der Waals surface area (Å²) in [5, 5.41) is 66.6. The first-order valence-corrected chi connectivity index (χ1v) is 10.1. The molecule has 1 unspecified atom stereocenters. The third-order valence-electron chi connectivity index (χ3n) is 7.11. The second-order valence-corrected chi connectivity index (χ2v) is 9.15. The zero-order valence-electron chi connectivity index (χ0n) is 18.0. The lowest BCUT2D eigenvalue weighted by Gasteiger charge is -2.57. The number of hydrogen-bond donors (Lipinski definition) is 7. The molecule has 4 rings (SSSR count). The number of aliphatic hydroxyl groups is 5. The van der Waals surface area contributed by atoms with Gasteiger partial charge < -0.3 is 36.4 Å². The van der Waals surface area contributed by atoms with Crippen LogP contribution in [0.3, 0.4) is 0 Å². The molecule has 3 aliphatic rings. The highest BCUT2D eigenvalue weighted by molar-refractivity contribution is 6.25. The minimum atomic E-state index is -3.25. The van der Waals surface area contributed by atoms with Crippen molar-refractivity contribution in [1.29, 1.82) is 0 Å². The predicted octanol–water partition coefficient (Wildman–Crippen LogP) is -1.26. The van der Waals surface area contributed by atoms with E-state index in [-0.39, 0.29) is 11.1 Å². The number of phenolic OH excluding ortho intramolecular Hbond substituents is 1. The van der Waals surface area contributed by atoms with E-state index in [1.54, 1.807) is 0 Å². The van der Waals surface area contributed by atoms with E-state index in [1.807, 2.05) is 0 Å². The van der Waals surface area contributed by atoms with Crippen molar-refractivity contribution in [3.05, 3.63) is 46.2 Å². The van der Waals surface area contributed by atoms with Crippen LogP contribution in [0.15, 0.2) is 35.1 Å². The van der Waals surface area contributed by atoms with Crippen molar-refractivity contribution >= 4 is 23.2 Å². The molecule has 0 spiro atoms. The second-order valence-electron chi connectivity index (χ2n) is 9.15. The van der Waals surface area contributed by atoms with Crippen LogP contribution in [0.4, 0.5) is 0 Å². The molecule has 0 bridgehead atoms. The molecule has 3 aliphatic carbocycles. The van der Waals surface area contributed by atoms with Gasteiger partial charge in [0.05, 0.1) is 11.2 Å². The normalized spacial score (nSPS) is 36.0. The van der Waals surface area contributed by atoms with Crippen LogP contribution in [-0.2, 0) is 20.0 Å². The van der Waals surface area contributed by atoms with Gasteiger partial charge in [0, 0.05) is 11.5 Å². The highest BCUT2D eigenvalue weighted by Crippen LogP contribution is 2.58. The molecule has 0 radical (unpaired) electrons. The Morgan fingerprint density at radius 2 is 1.73 bits per heavy atom. The van der Waals surface area contributed by atoms with E-state index in [1.165, 1.54) is 39.2 Å². The Labute approximate surface area is 187 Å². The van der Waals surface area contributed by atoms with Crippen molar-refractivity contribution in [2.45, 2.75) is 36.2 Å². The largest absolute Gasteiger partial charge is 0.508 e. The van der Waals surface area contributed by atoms with Gasteiger partial charge in [0.2, 0.25) is 11.4 Å². The van der Waals surface area contributed by atoms with E-state index in [4.69, 9.17) is 5.73 Å². The summed E-state index contributed by atoms with van der Waals surface area (Å²) in [6, 6.07) is 2.33. The number of aromatic hydroxyl groups is 1. The van der Waals surface area contributed by atoms with Crippen molar-refractivity contribution in [3.8, 4) is 5.75 Å². The monoisotopic (exact) mass is 460 g/mol. The number of aliphatic hydroxyl groups excluding tert-OH is 2. The first-order valence-electron chi connectivity index (χ1n) is 10.1. The minimum absolute atomic E-state index is 0.0525. The van der Waals surface area contributed by atoms with Crippen LogP contribution in [0.5, 0.6) is 5.75 Å². The summed E-state index contributed by atoms with van der Waals surface area (Å²) in [4.78, 5) is 39.9. The van der Waals surface area contributed by atoms with Crippen LogP contribution in [0.1, 0.15) is 24.5 Å². The number of hydrogen-bond acceptors (Lipinski definition) is 10. The molecule has 1 amide bonds. The Balaban J connectivity index is 2.11. The van der Waals surface area contributed by atoms with Gasteiger partial charge in [-0.15, -0.1) is 0 Å². The molecular weight excluding hydrogens is 436 g/mol. The number of benzene rings is 1. The predicted molar refractivity (Wildman–Crippen MR) is 112 cm³/mol. The van der Waals surface area contributed by atoms with Gasteiger partial charge in [0.15, 0.2) is 11.5 Å². The summed E-state index contributed by atoms with van der Waals surface area (Å²) in [6.45, 7) is 1.29. The van der Waals surface area contributed by atoms with E-state index in [9.17, 15) is 45.0 Å². The molecule has 11 nitrogen and oxygen atoms in total. The molecule has 8 N–H and O–H groups in total. The lowest BCUT2D eigenvalue weighted by Crippen LogP contribution is -2.77. The summed E-state index contributed by atoms with van der Waals surface area (Å²) in [5.74, 6) is -8.01. The summed E-state index contributed by atoms with van der Waals surface area (Å²) in [6.07, 6.45) is -0.679. The Kier molecular flexibility index (Phi) is 4.61. The van der Waals surface area contributed by atoms with Gasteiger partial charge in [-0.3, -0.25) is 19.3 Å². The second kappa shape index (κ2) is 6.64. The number of ketones is 2. The molecule has 1 aromatic carbocycles. The van der Waals surface area contributed by atoms with Gasteiger partial charge in [-0.2, -0.15) is 0 Å². The van der Waals surface area contributed by atoms with Crippen LogP contribution in [0, 0.1) is 5.92 Å². The molecule has 1 fully saturated rings. The molecule has 1 aromatic rings. The summed E-state index contributed by atoms with van der Waals surface area (Å²) >= 11 is 0. The maximum atomic E-state index is 13.7. The Hall–Kier alpha value is -3.25. The standard InChI is InChI=1S/C22H24N2O9/c1-20(31)8-5-4-6-10(25)11(8)14(26)12-9(20)7-21(32)16(24(2)3)15(27)13(19(23)30)18(29)22(21,33)17(12)28/h4-6,9,16,25-26,29,31-33H,7H2,1-3H3,(H2,23,30)/t9-,16+,20+,21?,22-/m0/s1. The summed E-state index contributed by atoms with van der Waals surface area (Å²) in [7, 11) is 2.70. The van der Waals surface area contributed by atoms with Crippen LogP contribution in [-0.4, -0.2) is 84.4 Å². The summed E-state index contributed by atoms with van der Waals surface area (Å²) in [5.41, 5.74) is -4.54. The van der Waals surface area contributed by atoms with E-state index in [0.29, 0.717) is 0 Å². The molecule has 0 saturated heterocycles. The number of likely N-dealkylation sites (N-methyl/N-ethyl adjacent to an activating group) is 1. The van der Waals surface area contributed by atoms with Gasteiger partial charge in [-0.25, -0.2) is 0 Å². The zero-order chi connectivity index (χ0) is 24.8. The maximum Gasteiger partial charge on any atom is 0.255 e. The summed E-state index contributed by atoms with van der Waals surface area (Å²) < 4.78 is 0. The topological polar surface area (TPSA) is 202 Å². The Morgan fingerprint density at radius 1 is 1.12 bits per heavy atom. The SMILES string of the molecule is CN(C)[C@@H]1C(=O)C(C(N)=O)=C(O)[C@@]2(O)C(=O)C3=C(O)c4c(O)cccc4[C@@](C)(O)[C@H]3CC12O. The Morgan fingerprint density at radius 3 is 2.27 bits per heavy atom. The number of phenols is 1. The number of amides is 1. The minimum Gasteiger partial charge on any atom is -0.508 e. The first-order chi connectivity index (χ1) is 15.1.